The van der Waals surface area contributed by atoms with Crippen LogP contribution in [0.5, 0.6) is 11.8 Å². The van der Waals surface area contributed by atoms with E-state index < -0.39 is 5.69 Å². The number of carbonyl (C=O) groups is 1. The van der Waals surface area contributed by atoms with Crippen LogP contribution in [0.1, 0.15) is 46.0 Å². The van der Waals surface area contributed by atoms with Crippen LogP contribution in [-0.4, -0.2) is 49.4 Å². The molecule has 28 heavy (non-hydrogen) atoms. The van der Waals surface area contributed by atoms with Gasteiger partial charge in [-0.15, -0.1) is 0 Å². The average Bonchev–Trinajstić information content (AvgIpc) is 2.70. The number of hydrogen-bond donors (Lipinski definition) is 2. The van der Waals surface area contributed by atoms with Gasteiger partial charge < -0.3 is 19.5 Å². The monoisotopic (exact) mass is 395 g/mol. The second-order valence-corrected chi connectivity index (χ2v) is 7.44. The highest BCUT2D eigenvalue weighted by molar-refractivity contribution is 5.77. The maximum Gasteiger partial charge on any atom is 0.351 e. The third kappa shape index (κ3) is 7.50. The summed E-state index contributed by atoms with van der Waals surface area (Å²) in [6, 6.07) is 1.45. The molecule has 2 atom stereocenters. The van der Waals surface area contributed by atoms with Gasteiger partial charge in [0.1, 0.15) is 6.61 Å². The Morgan fingerprint density at radius 3 is 2.46 bits per heavy atom. The number of aromatic nitrogens is 2. The van der Waals surface area contributed by atoms with E-state index >= 15 is 0 Å². The van der Waals surface area contributed by atoms with Crippen LogP contribution in [0.15, 0.2) is 10.9 Å². The highest BCUT2D eigenvalue weighted by Crippen LogP contribution is 2.36. The molecule has 2 N–H and O–H groups in total. The Balaban J connectivity index is 1.78. The van der Waals surface area contributed by atoms with Gasteiger partial charge in [-0.25, -0.2) is 4.79 Å². The number of nitrogens with one attached hydrogen (secondary N) is 2. The quantitative estimate of drug-likeness (QED) is 0.557. The van der Waals surface area contributed by atoms with Gasteiger partial charge in [0.25, 0.3) is 5.91 Å². The third-order valence-electron chi connectivity index (χ3n) is 5.34. The highest BCUT2D eigenvalue weighted by Gasteiger charge is 2.27. The van der Waals surface area contributed by atoms with Crippen molar-refractivity contribution < 1.29 is 19.0 Å². The van der Waals surface area contributed by atoms with Crippen LogP contribution < -0.4 is 20.5 Å². The number of rotatable bonds is 11. The first-order valence-corrected chi connectivity index (χ1v) is 10.2. The van der Waals surface area contributed by atoms with Crippen LogP contribution in [0.4, 0.5) is 0 Å². The zero-order valence-corrected chi connectivity index (χ0v) is 17.2. The lowest BCUT2D eigenvalue weighted by atomic mass is 9.73. The number of amides is 1. The molecule has 0 aliphatic heterocycles. The number of nitrogens with zero attached hydrogens (tertiary/aromatic N) is 1. The van der Waals surface area contributed by atoms with E-state index in [1.165, 1.54) is 38.2 Å². The van der Waals surface area contributed by atoms with Gasteiger partial charge in [0, 0.05) is 13.7 Å². The van der Waals surface area contributed by atoms with Gasteiger partial charge in [-0.05, 0) is 37.0 Å². The molecule has 1 aliphatic carbocycles. The molecule has 8 nitrogen and oxygen atoms in total. The second kappa shape index (κ2) is 11.7. The lowest BCUT2D eigenvalue weighted by molar-refractivity contribution is -0.123. The van der Waals surface area contributed by atoms with E-state index in [2.05, 4.69) is 29.1 Å². The van der Waals surface area contributed by atoms with Crippen LogP contribution in [0.2, 0.25) is 0 Å². The Morgan fingerprint density at radius 1 is 1.14 bits per heavy atom. The minimum absolute atomic E-state index is 0.0566. The van der Waals surface area contributed by atoms with E-state index in [4.69, 9.17) is 14.2 Å². The molecule has 158 valence electrons. The van der Waals surface area contributed by atoms with Crippen LogP contribution in [0, 0.1) is 17.8 Å². The first-order valence-electron chi connectivity index (χ1n) is 10.2. The molecule has 0 bridgehead atoms. The smallest absolute Gasteiger partial charge is 0.351 e. The Labute approximate surface area is 166 Å². The second-order valence-electron chi connectivity index (χ2n) is 7.44. The Kier molecular flexibility index (Phi) is 9.27. The molecule has 1 aromatic rings. The molecule has 2 rings (SSSR count). The maximum atomic E-state index is 12.1. The van der Waals surface area contributed by atoms with Gasteiger partial charge in [0.15, 0.2) is 12.5 Å². The van der Waals surface area contributed by atoms with Crippen molar-refractivity contribution in [2.45, 2.75) is 46.0 Å². The lowest BCUT2D eigenvalue weighted by Crippen LogP contribution is -2.36. The van der Waals surface area contributed by atoms with Gasteiger partial charge in [-0.1, -0.05) is 26.7 Å². The molecule has 1 aliphatic rings. The molecule has 8 heteroatoms. The van der Waals surface area contributed by atoms with Crippen molar-refractivity contribution >= 4 is 5.91 Å². The third-order valence-corrected chi connectivity index (χ3v) is 5.34. The molecule has 2 unspecified atom stereocenters. The summed E-state index contributed by atoms with van der Waals surface area (Å²) in [7, 11) is 1.56. The zero-order chi connectivity index (χ0) is 20.4. The van der Waals surface area contributed by atoms with E-state index in [1.807, 2.05) is 0 Å². The summed E-state index contributed by atoms with van der Waals surface area (Å²) in [5.74, 6) is 2.11. The summed E-state index contributed by atoms with van der Waals surface area (Å²) < 4.78 is 15.6. The van der Waals surface area contributed by atoms with Crippen molar-refractivity contribution in [2.24, 2.45) is 17.8 Å². The minimum Gasteiger partial charge on any atom is -0.476 e. The van der Waals surface area contributed by atoms with E-state index in [-0.39, 0.29) is 30.9 Å². The van der Waals surface area contributed by atoms with E-state index in [0.29, 0.717) is 19.1 Å². The standard InChI is InChI=1S/C20H33N3O5/c1-4-14-8-15(5-2)10-16(9-14)12-21-17(24)13-28-19-11-18(22-20(25)23-19)27-7-6-26-3/h11,14-16H,4-10,12-13H2,1-3H3,(H,21,24)(H,22,23,25). The van der Waals surface area contributed by atoms with Crippen molar-refractivity contribution in [3.63, 3.8) is 0 Å². The molecule has 1 amide bonds. The van der Waals surface area contributed by atoms with Gasteiger partial charge in [-0.2, -0.15) is 4.98 Å². The van der Waals surface area contributed by atoms with Crippen molar-refractivity contribution in [2.75, 3.05) is 33.5 Å². The SMILES string of the molecule is CCC1CC(CC)CC(CNC(=O)COc2cc(OCCOC)[nH]c(=O)n2)C1. The summed E-state index contributed by atoms with van der Waals surface area (Å²) >= 11 is 0. The number of ether oxygens (including phenoxy) is 3. The number of aromatic amines is 1. The molecule has 1 saturated carbocycles. The fourth-order valence-corrected chi connectivity index (χ4v) is 3.79. The Morgan fingerprint density at radius 2 is 1.82 bits per heavy atom. The van der Waals surface area contributed by atoms with Crippen molar-refractivity contribution in [3.8, 4) is 11.8 Å². The summed E-state index contributed by atoms with van der Waals surface area (Å²) in [6.07, 6.45) is 6.06. The lowest BCUT2D eigenvalue weighted by Gasteiger charge is -2.34. The molecule has 0 aromatic carbocycles. The molecule has 1 heterocycles. The van der Waals surface area contributed by atoms with E-state index in [9.17, 15) is 9.59 Å². The number of H-pyrrole nitrogens is 1. The number of hydrogen-bond acceptors (Lipinski definition) is 6. The molecule has 1 aromatic heterocycles. The molecule has 0 spiro atoms. The predicted octanol–water partition coefficient (Wildman–Crippen LogP) is 2.14. The fraction of sp³-hybridized carbons (Fsp3) is 0.750. The topological polar surface area (TPSA) is 103 Å². The van der Waals surface area contributed by atoms with Crippen LogP contribution in [0.25, 0.3) is 0 Å². The zero-order valence-electron chi connectivity index (χ0n) is 17.2. The minimum atomic E-state index is -0.594. The number of carbonyl (C=O) groups excluding carboxylic acids is 1. The van der Waals surface area contributed by atoms with Crippen LogP contribution in [0.3, 0.4) is 0 Å². The summed E-state index contributed by atoms with van der Waals surface area (Å²) in [5.41, 5.74) is -0.594. The molecule has 0 radical (unpaired) electrons. The first kappa shape index (κ1) is 22.2. The van der Waals surface area contributed by atoms with Crippen molar-refractivity contribution in [1.82, 2.24) is 15.3 Å². The molecule has 0 saturated heterocycles. The Bertz CT molecular complexity index is 651. The van der Waals surface area contributed by atoms with Crippen LogP contribution in [-0.2, 0) is 9.53 Å². The van der Waals surface area contributed by atoms with Crippen molar-refractivity contribution in [1.29, 1.82) is 0 Å². The van der Waals surface area contributed by atoms with Gasteiger partial charge in [0.05, 0.1) is 12.7 Å². The molecule has 1 fully saturated rings. The van der Waals surface area contributed by atoms with Gasteiger partial charge in [-0.3, -0.25) is 9.78 Å². The Hall–Kier alpha value is -2.09. The van der Waals surface area contributed by atoms with Gasteiger partial charge >= 0.3 is 5.69 Å². The highest BCUT2D eigenvalue weighted by atomic mass is 16.5. The van der Waals surface area contributed by atoms with Gasteiger partial charge in [0.2, 0.25) is 5.88 Å². The largest absolute Gasteiger partial charge is 0.476 e. The molecular formula is C20H33N3O5. The first-order chi connectivity index (χ1) is 13.5. The summed E-state index contributed by atoms with van der Waals surface area (Å²) in [6.45, 7) is 5.65. The summed E-state index contributed by atoms with van der Waals surface area (Å²) in [5, 5.41) is 2.96. The summed E-state index contributed by atoms with van der Waals surface area (Å²) in [4.78, 5) is 29.9. The average molecular weight is 396 g/mol. The van der Waals surface area contributed by atoms with Crippen molar-refractivity contribution in [3.05, 3.63) is 16.6 Å². The number of methoxy groups -OCH3 is 1. The van der Waals surface area contributed by atoms with Crippen LogP contribution >= 0.6 is 0 Å². The predicted molar refractivity (Wildman–Crippen MR) is 106 cm³/mol. The molecular weight excluding hydrogens is 362 g/mol. The van der Waals surface area contributed by atoms with E-state index in [1.54, 1.807) is 7.11 Å². The maximum absolute atomic E-state index is 12.1. The fourth-order valence-electron chi connectivity index (χ4n) is 3.79. The normalized spacial score (nSPS) is 21.9. The van der Waals surface area contributed by atoms with E-state index in [0.717, 1.165) is 11.8 Å².